The Morgan fingerprint density at radius 3 is 2.50 bits per heavy atom. The molecular weight excluding hydrogens is 330 g/mol. The molecule has 0 saturated heterocycles. The van der Waals surface area contributed by atoms with Crippen LogP contribution >= 0.6 is 0 Å². The van der Waals surface area contributed by atoms with Gasteiger partial charge in [-0.2, -0.15) is 0 Å². The third-order valence-corrected chi connectivity index (χ3v) is 4.71. The molecule has 134 valence electrons. The van der Waals surface area contributed by atoms with E-state index in [0.29, 0.717) is 24.2 Å². The Morgan fingerprint density at radius 1 is 0.962 bits per heavy atom. The maximum atomic E-state index is 13.2. The number of carbonyl (C=O) groups is 1. The minimum atomic E-state index is -0.130. The van der Waals surface area contributed by atoms with Crippen molar-refractivity contribution < 1.29 is 15.0 Å². The van der Waals surface area contributed by atoms with Crippen LogP contribution in [-0.4, -0.2) is 48.5 Å². The van der Waals surface area contributed by atoms with E-state index in [9.17, 15) is 4.79 Å². The predicted octanol–water partition coefficient (Wildman–Crippen LogP) is 1.40. The first kappa shape index (κ1) is 16.8. The smallest absolute Gasteiger partial charge is 0.196 e. The van der Waals surface area contributed by atoms with Crippen LogP contribution in [0.4, 0.5) is 11.4 Å². The molecule has 6 heteroatoms. The van der Waals surface area contributed by atoms with Crippen molar-refractivity contribution in [2.75, 3.05) is 36.9 Å². The third kappa shape index (κ3) is 2.68. The van der Waals surface area contributed by atoms with Crippen molar-refractivity contribution in [1.29, 1.82) is 0 Å². The van der Waals surface area contributed by atoms with Gasteiger partial charge in [0.25, 0.3) is 0 Å². The molecule has 0 spiro atoms. The summed E-state index contributed by atoms with van der Waals surface area (Å²) in [5, 5.41) is 28.0. The van der Waals surface area contributed by atoms with Crippen molar-refractivity contribution in [3.63, 3.8) is 0 Å². The summed E-state index contributed by atoms with van der Waals surface area (Å²) in [7, 11) is 0. The van der Waals surface area contributed by atoms with Crippen LogP contribution in [0.1, 0.15) is 27.0 Å². The minimum Gasteiger partial charge on any atom is -0.395 e. The van der Waals surface area contributed by atoms with Crippen LogP contribution in [0.3, 0.4) is 0 Å². The number of benzene rings is 2. The van der Waals surface area contributed by atoms with Gasteiger partial charge in [0.05, 0.1) is 24.9 Å². The van der Waals surface area contributed by atoms with E-state index < -0.39 is 0 Å². The molecule has 1 aliphatic carbocycles. The summed E-state index contributed by atoms with van der Waals surface area (Å²) < 4.78 is 0. The highest BCUT2D eigenvalue weighted by atomic mass is 16.3. The summed E-state index contributed by atoms with van der Waals surface area (Å²) in [5.41, 5.74) is 5.73. The number of fused-ring (bicyclic) bond motifs is 2. The van der Waals surface area contributed by atoms with Crippen LogP contribution in [0, 0.1) is 0 Å². The third-order valence-electron chi connectivity index (χ3n) is 4.71. The van der Waals surface area contributed by atoms with Crippen molar-refractivity contribution in [1.82, 2.24) is 5.32 Å². The summed E-state index contributed by atoms with van der Waals surface area (Å²) in [6, 6.07) is 11.4. The van der Waals surface area contributed by atoms with Crippen LogP contribution in [-0.2, 0) is 0 Å². The van der Waals surface area contributed by atoms with E-state index in [0.717, 1.165) is 28.1 Å². The molecule has 5 N–H and O–H groups in total. The van der Waals surface area contributed by atoms with Crippen LogP contribution in [0.5, 0.6) is 0 Å². The summed E-state index contributed by atoms with van der Waals surface area (Å²) >= 11 is 0. The van der Waals surface area contributed by atoms with Crippen molar-refractivity contribution >= 4 is 22.7 Å². The van der Waals surface area contributed by atoms with Gasteiger partial charge in [-0.05, 0) is 29.3 Å². The molecule has 1 atom stereocenters. The number of rotatable bonds is 6. The second kappa shape index (κ2) is 6.92. The standard InChI is InChI=1S/C20H21N3O3/c24-9-7-21-15-5-6-16-18-14(11-17(23-16)22-8-10-25)12-3-1-2-4-13(12)20(26)19(15)18/h1-6,11,17,21-25H,7-10H2/t17-/m0/s1. The SMILES string of the molecule is O=C1c2ccccc2C2=C[C@@H](NCCO)Nc3ccc(NCCO)c1c32. The lowest BCUT2D eigenvalue weighted by atomic mass is 9.78. The normalized spacial score (nSPS) is 17.1. The molecule has 1 aliphatic heterocycles. The molecule has 2 aromatic rings. The summed E-state index contributed by atoms with van der Waals surface area (Å²) in [4.78, 5) is 13.2. The maximum Gasteiger partial charge on any atom is 0.196 e. The number of nitrogens with one attached hydrogen (secondary N) is 3. The van der Waals surface area contributed by atoms with E-state index in [-0.39, 0.29) is 25.2 Å². The number of anilines is 2. The fraction of sp³-hybridized carbons (Fsp3) is 0.250. The largest absolute Gasteiger partial charge is 0.395 e. The number of hydrogen-bond acceptors (Lipinski definition) is 6. The lowest BCUT2D eigenvalue weighted by molar-refractivity contribution is 0.103. The van der Waals surface area contributed by atoms with E-state index in [1.54, 1.807) is 0 Å². The summed E-state index contributed by atoms with van der Waals surface area (Å²) in [5.74, 6) is -0.0152. The van der Waals surface area contributed by atoms with E-state index in [1.807, 2.05) is 36.4 Å². The molecule has 0 fully saturated rings. The van der Waals surface area contributed by atoms with Crippen molar-refractivity contribution in [2.45, 2.75) is 6.17 Å². The van der Waals surface area contributed by atoms with Crippen molar-refractivity contribution in [3.05, 3.63) is 64.7 Å². The second-order valence-electron chi connectivity index (χ2n) is 6.32. The average Bonchev–Trinajstić information content (AvgIpc) is 2.68. The molecule has 2 aromatic carbocycles. The zero-order chi connectivity index (χ0) is 18.1. The molecule has 4 rings (SSSR count). The highest BCUT2D eigenvalue weighted by Crippen LogP contribution is 2.44. The van der Waals surface area contributed by atoms with Gasteiger partial charge in [-0.1, -0.05) is 24.3 Å². The van der Waals surface area contributed by atoms with Gasteiger partial charge in [-0.3, -0.25) is 10.1 Å². The van der Waals surface area contributed by atoms with E-state index in [2.05, 4.69) is 22.0 Å². The summed E-state index contributed by atoms with van der Waals surface area (Å²) in [6.07, 6.45) is 1.93. The van der Waals surface area contributed by atoms with Crippen LogP contribution in [0.2, 0.25) is 0 Å². The predicted molar refractivity (Wildman–Crippen MR) is 101 cm³/mol. The Morgan fingerprint density at radius 2 is 1.73 bits per heavy atom. The van der Waals surface area contributed by atoms with E-state index in [4.69, 9.17) is 10.2 Å². The van der Waals surface area contributed by atoms with Gasteiger partial charge >= 0.3 is 0 Å². The molecule has 1 heterocycles. The van der Waals surface area contributed by atoms with Gasteiger partial charge in [0, 0.05) is 35.6 Å². The maximum absolute atomic E-state index is 13.2. The Hall–Kier alpha value is -2.67. The molecule has 0 unspecified atom stereocenters. The van der Waals surface area contributed by atoms with E-state index >= 15 is 0 Å². The lowest BCUT2D eigenvalue weighted by Gasteiger charge is -2.33. The van der Waals surface area contributed by atoms with Crippen LogP contribution < -0.4 is 16.0 Å². The minimum absolute atomic E-state index is 0.00456. The Balaban J connectivity index is 1.89. The monoisotopic (exact) mass is 351 g/mol. The molecular formula is C20H21N3O3. The zero-order valence-electron chi connectivity index (χ0n) is 14.2. The molecule has 0 bridgehead atoms. The highest BCUT2D eigenvalue weighted by molar-refractivity contribution is 6.23. The summed E-state index contributed by atoms with van der Waals surface area (Å²) in [6.45, 7) is 0.905. The van der Waals surface area contributed by atoms with Gasteiger partial charge in [-0.25, -0.2) is 0 Å². The van der Waals surface area contributed by atoms with Gasteiger partial charge in [0.2, 0.25) is 0 Å². The van der Waals surface area contributed by atoms with Crippen LogP contribution in [0.15, 0.2) is 42.5 Å². The van der Waals surface area contributed by atoms with Crippen molar-refractivity contribution in [3.8, 4) is 0 Å². The fourth-order valence-electron chi connectivity index (χ4n) is 3.64. The first-order valence-corrected chi connectivity index (χ1v) is 8.73. The average molecular weight is 351 g/mol. The fourth-order valence-corrected chi connectivity index (χ4v) is 3.64. The molecule has 0 aromatic heterocycles. The molecule has 0 amide bonds. The highest BCUT2D eigenvalue weighted by Gasteiger charge is 2.34. The Labute approximate surface area is 151 Å². The number of hydrogen-bond donors (Lipinski definition) is 5. The molecule has 0 radical (unpaired) electrons. The quantitative estimate of drug-likeness (QED) is 0.461. The number of ketones is 1. The topological polar surface area (TPSA) is 93.6 Å². The number of aliphatic hydroxyl groups excluding tert-OH is 2. The van der Waals surface area contributed by atoms with Crippen LogP contribution in [0.25, 0.3) is 5.57 Å². The van der Waals surface area contributed by atoms with Crippen molar-refractivity contribution in [2.24, 2.45) is 0 Å². The van der Waals surface area contributed by atoms with Gasteiger partial charge in [0.1, 0.15) is 0 Å². The Kier molecular flexibility index (Phi) is 4.46. The lowest BCUT2D eigenvalue weighted by Crippen LogP contribution is -2.39. The molecule has 6 nitrogen and oxygen atoms in total. The number of aliphatic hydroxyl groups is 2. The van der Waals surface area contributed by atoms with Gasteiger partial charge < -0.3 is 20.8 Å². The first-order chi connectivity index (χ1) is 12.7. The zero-order valence-corrected chi connectivity index (χ0v) is 14.2. The number of carbonyl (C=O) groups excluding carboxylic acids is 1. The van der Waals surface area contributed by atoms with E-state index in [1.165, 1.54) is 0 Å². The van der Waals surface area contributed by atoms with Gasteiger partial charge in [0.15, 0.2) is 5.78 Å². The first-order valence-electron chi connectivity index (χ1n) is 8.73. The molecule has 2 aliphatic rings. The second-order valence-corrected chi connectivity index (χ2v) is 6.32. The Bertz CT molecular complexity index is 892. The van der Waals surface area contributed by atoms with Gasteiger partial charge in [-0.15, -0.1) is 0 Å². The molecule has 26 heavy (non-hydrogen) atoms. The molecule has 0 saturated carbocycles.